The van der Waals surface area contributed by atoms with Crippen LogP contribution in [0.5, 0.6) is 17.2 Å². The molecule has 0 spiro atoms. The molecule has 0 aliphatic carbocycles. The summed E-state index contributed by atoms with van der Waals surface area (Å²) < 4.78 is 16.4. The topological polar surface area (TPSA) is 57.7 Å². The summed E-state index contributed by atoms with van der Waals surface area (Å²) in [5, 5.41) is 0.775. The molecule has 0 N–H and O–H groups in total. The lowest BCUT2D eigenvalue weighted by atomic mass is 9.95. The zero-order valence-electron chi connectivity index (χ0n) is 18.9. The van der Waals surface area contributed by atoms with E-state index in [-0.39, 0.29) is 0 Å². The van der Waals surface area contributed by atoms with Crippen molar-refractivity contribution in [3.05, 3.63) is 82.9 Å². The van der Waals surface area contributed by atoms with Gasteiger partial charge in [0.1, 0.15) is 5.75 Å². The van der Waals surface area contributed by atoms with Crippen molar-refractivity contribution in [3.8, 4) is 28.5 Å². The number of pyridine rings is 1. The van der Waals surface area contributed by atoms with Crippen molar-refractivity contribution in [2.24, 2.45) is 0 Å². The van der Waals surface area contributed by atoms with Gasteiger partial charge in [0.25, 0.3) is 0 Å². The SMILES string of the molecule is COc1ccc(-c2nc3c(C)cc(C)cc3c(C(=O)Oc3ccccc3OC)c2C)cc1. The normalized spacial score (nSPS) is 10.8. The molecule has 3 aromatic carbocycles. The van der Waals surface area contributed by atoms with Crippen molar-refractivity contribution >= 4 is 16.9 Å². The third-order valence-corrected chi connectivity index (χ3v) is 5.51. The van der Waals surface area contributed by atoms with Gasteiger partial charge in [0.15, 0.2) is 11.5 Å². The maximum absolute atomic E-state index is 13.5. The molecule has 0 unspecified atom stereocenters. The number of para-hydroxylation sites is 2. The highest BCUT2D eigenvalue weighted by Crippen LogP contribution is 2.34. The number of nitrogens with zero attached hydrogens (tertiary/aromatic N) is 1. The maximum atomic E-state index is 13.5. The smallest absolute Gasteiger partial charge is 0.344 e. The molecule has 0 aliphatic rings. The highest BCUT2D eigenvalue weighted by Gasteiger charge is 2.23. The van der Waals surface area contributed by atoms with Gasteiger partial charge in [-0.1, -0.05) is 23.8 Å². The Morgan fingerprint density at radius 3 is 2.19 bits per heavy atom. The molecule has 4 aromatic rings. The molecule has 0 aliphatic heterocycles. The van der Waals surface area contributed by atoms with Crippen LogP contribution in [-0.2, 0) is 0 Å². The predicted molar refractivity (Wildman–Crippen MR) is 126 cm³/mol. The van der Waals surface area contributed by atoms with Gasteiger partial charge < -0.3 is 14.2 Å². The molecule has 32 heavy (non-hydrogen) atoms. The molecule has 0 fully saturated rings. The van der Waals surface area contributed by atoms with Crippen molar-refractivity contribution in [2.45, 2.75) is 20.8 Å². The molecular weight excluding hydrogens is 402 g/mol. The average Bonchev–Trinajstić information content (AvgIpc) is 2.79. The van der Waals surface area contributed by atoms with Crippen molar-refractivity contribution in [1.82, 2.24) is 4.98 Å². The van der Waals surface area contributed by atoms with E-state index in [4.69, 9.17) is 19.2 Å². The minimum atomic E-state index is -0.445. The van der Waals surface area contributed by atoms with Crippen LogP contribution in [0.25, 0.3) is 22.2 Å². The number of carbonyl (C=O) groups is 1. The fraction of sp³-hybridized carbons (Fsp3) is 0.185. The van der Waals surface area contributed by atoms with E-state index in [2.05, 4.69) is 6.07 Å². The molecule has 0 amide bonds. The number of carbonyl (C=O) groups excluding carboxylic acids is 1. The molecule has 5 heteroatoms. The number of hydrogen-bond donors (Lipinski definition) is 0. The fourth-order valence-corrected chi connectivity index (χ4v) is 3.96. The van der Waals surface area contributed by atoms with Gasteiger partial charge in [0.2, 0.25) is 0 Å². The second kappa shape index (κ2) is 8.71. The summed E-state index contributed by atoms with van der Waals surface area (Å²) >= 11 is 0. The lowest BCUT2D eigenvalue weighted by Crippen LogP contribution is -2.13. The maximum Gasteiger partial charge on any atom is 0.344 e. The number of aryl methyl sites for hydroxylation is 2. The number of esters is 1. The third kappa shape index (κ3) is 3.89. The Morgan fingerprint density at radius 1 is 0.844 bits per heavy atom. The Bertz CT molecular complexity index is 1310. The summed E-state index contributed by atoms with van der Waals surface area (Å²) in [5.74, 6) is 1.19. The van der Waals surface area contributed by atoms with E-state index in [0.717, 1.165) is 44.6 Å². The van der Waals surface area contributed by atoms with Gasteiger partial charge in [-0.2, -0.15) is 0 Å². The zero-order chi connectivity index (χ0) is 22.8. The summed E-state index contributed by atoms with van der Waals surface area (Å²) in [6.45, 7) is 5.92. The number of hydrogen-bond acceptors (Lipinski definition) is 5. The molecule has 0 saturated carbocycles. The Hall–Kier alpha value is -3.86. The minimum Gasteiger partial charge on any atom is -0.497 e. The van der Waals surface area contributed by atoms with E-state index in [0.29, 0.717) is 17.1 Å². The van der Waals surface area contributed by atoms with Crippen LogP contribution in [0.3, 0.4) is 0 Å². The van der Waals surface area contributed by atoms with Crippen LogP contribution in [0.15, 0.2) is 60.7 Å². The lowest BCUT2D eigenvalue weighted by molar-refractivity contribution is 0.0731. The summed E-state index contributed by atoms with van der Waals surface area (Å²) in [4.78, 5) is 18.4. The van der Waals surface area contributed by atoms with Gasteiger partial charge in [-0.25, -0.2) is 9.78 Å². The van der Waals surface area contributed by atoms with Crippen LogP contribution in [0.2, 0.25) is 0 Å². The van der Waals surface area contributed by atoms with Crippen LogP contribution in [0, 0.1) is 20.8 Å². The summed E-state index contributed by atoms with van der Waals surface area (Å²) in [6.07, 6.45) is 0. The van der Waals surface area contributed by atoms with Crippen LogP contribution in [0.1, 0.15) is 27.0 Å². The summed E-state index contributed by atoms with van der Waals surface area (Å²) in [6, 6.07) is 18.8. The molecule has 162 valence electrons. The second-order valence-electron chi connectivity index (χ2n) is 7.71. The molecule has 5 nitrogen and oxygen atoms in total. The molecular formula is C27H25NO4. The van der Waals surface area contributed by atoms with Gasteiger partial charge in [0.05, 0.1) is 31.0 Å². The standard InChI is InChI=1S/C27H25NO4/c1-16-14-17(2)25-21(15-16)24(27(29)32-23-9-7-6-8-22(23)31-5)18(3)26(28-25)19-10-12-20(30-4)13-11-19/h6-15H,1-5H3. The predicted octanol–water partition coefficient (Wildman–Crippen LogP) is 6.06. The van der Waals surface area contributed by atoms with E-state index in [9.17, 15) is 4.79 Å². The van der Waals surface area contributed by atoms with Gasteiger partial charge in [0, 0.05) is 10.9 Å². The Morgan fingerprint density at radius 2 is 1.53 bits per heavy atom. The first kappa shape index (κ1) is 21.4. The molecule has 1 aromatic heterocycles. The van der Waals surface area contributed by atoms with E-state index >= 15 is 0 Å². The molecule has 0 saturated heterocycles. The number of aromatic nitrogens is 1. The Kier molecular flexibility index (Phi) is 5.82. The van der Waals surface area contributed by atoms with Crippen molar-refractivity contribution in [1.29, 1.82) is 0 Å². The third-order valence-electron chi connectivity index (χ3n) is 5.51. The van der Waals surface area contributed by atoms with Crippen LogP contribution >= 0.6 is 0 Å². The summed E-state index contributed by atoms with van der Waals surface area (Å²) in [5.41, 5.74) is 5.72. The first-order valence-corrected chi connectivity index (χ1v) is 10.3. The van der Waals surface area contributed by atoms with Crippen molar-refractivity contribution in [2.75, 3.05) is 14.2 Å². The average molecular weight is 428 g/mol. The Balaban J connectivity index is 1.93. The quantitative estimate of drug-likeness (QED) is 0.286. The van der Waals surface area contributed by atoms with Crippen LogP contribution in [0.4, 0.5) is 0 Å². The van der Waals surface area contributed by atoms with Crippen LogP contribution < -0.4 is 14.2 Å². The number of fused-ring (bicyclic) bond motifs is 1. The lowest BCUT2D eigenvalue weighted by Gasteiger charge is -2.17. The number of benzene rings is 3. The highest BCUT2D eigenvalue weighted by molar-refractivity contribution is 6.08. The monoisotopic (exact) mass is 427 g/mol. The molecule has 4 rings (SSSR count). The largest absolute Gasteiger partial charge is 0.497 e. The zero-order valence-corrected chi connectivity index (χ0v) is 18.9. The fourth-order valence-electron chi connectivity index (χ4n) is 3.96. The first-order chi connectivity index (χ1) is 15.4. The second-order valence-corrected chi connectivity index (χ2v) is 7.71. The highest BCUT2D eigenvalue weighted by atomic mass is 16.6. The van der Waals surface area contributed by atoms with E-state index < -0.39 is 5.97 Å². The van der Waals surface area contributed by atoms with Gasteiger partial charge in [-0.05, 0) is 74.4 Å². The van der Waals surface area contributed by atoms with Gasteiger partial charge in [-0.3, -0.25) is 0 Å². The first-order valence-electron chi connectivity index (χ1n) is 10.3. The van der Waals surface area contributed by atoms with Crippen LogP contribution in [-0.4, -0.2) is 25.2 Å². The molecule has 0 radical (unpaired) electrons. The van der Waals surface area contributed by atoms with E-state index in [1.54, 1.807) is 32.4 Å². The van der Waals surface area contributed by atoms with Crippen molar-refractivity contribution in [3.63, 3.8) is 0 Å². The number of ether oxygens (including phenoxy) is 3. The van der Waals surface area contributed by atoms with Gasteiger partial charge in [-0.15, -0.1) is 0 Å². The molecule has 0 atom stereocenters. The van der Waals surface area contributed by atoms with Gasteiger partial charge >= 0.3 is 5.97 Å². The summed E-state index contributed by atoms with van der Waals surface area (Å²) in [7, 11) is 3.18. The Labute approximate surface area is 187 Å². The number of rotatable bonds is 5. The van der Waals surface area contributed by atoms with E-state index in [1.165, 1.54) is 0 Å². The minimum absolute atomic E-state index is 0.375. The number of methoxy groups -OCH3 is 2. The molecule has 0 bridgehead atoms. The molecule has 1 heterocycles. The van der Waals surface area contributed by atoms with E-state index in [1.807, 2.05) is 57.2 Å². The van der Waals surface area contributed by atoms with Crippen molar-refractivity contribution < 1.29 is 19.0 Å².